The number of hydrogen-bond acceptors (Lipinski definition) is 5. The van der Waals surface area contributed by atoms with E-state index >= 15 is 0 Å². The Labute approximate surface area is 106 Å². The Hall–Kier alpha value is -0.950. The van der Waals surface area contributed by atoms with E-state index < -0.39 is 10.1 Å². The summed E-state index contributed by atoms with van der Waals surface area (Å²) in [5.74, 6) is 0. The number of fused-ring (bicyclic) bond motifs is 1. The molecule has 1 N–H and O–H groups in total. The molecule has 6 heteroatoms. The molecule has 3 atom stereocenters. The molecule has 1 aromatic rings. The number of ether oxygens (including phenoxy) is 1. The number of piperidine rings is 1. The molecule has 2 heterocycles. The van der Waals surface area contributed by atoms with Crippen molar-refractivity contribution in [1.82, 2.24) is 5.32 Å². The molecule has 0 bridgehead atoms. The molecule has 18 heavy (non-hydrogen) atoms. The lowest BCUT2D eigenvalue weighted by atomic mass is 10.1. The van der Waals surface area contributed by atoms with Crippen LogP contribution in [-0.4, -0.2) is 33.4 Å². The number of epoxide rings is 1. The quantitative estimate of drug-likeness (QED) is 0.649. The molecule has 1 aromatic carbocycles. The van der Waals surface area contributed by atoms with E-state index in [0.29, 0.717) is 13.0 Å². The smallest absolute Gasteiger partial charge is 0.297 e. The normalized spacial score (nSPS) is 30.8. The lowest BCUT2D eigenvalue weighted by Crippen LogP contribution is -2.39. The number of benzene rings is 1. The minimum atomic E-state index is -3.68. The van der Waals surface area contributed by atoms with Crippen LogP contribution in [-0.2, 0) is 19.0 Å². The van der Waals surface area contributed by atoms with Crippen molar-refractivity contribution in [3.63, 3.8) is 0 Å². The molecular formula is C12H15NO4S. The third kappa shape index (κ3) is 2.42. The van der Waals surface area contributed by atoms with Crippen LogP contribution in [0.1, 0.15) is 12.0 Å². The number of nitrogens with one attached hydrogen (secondary N) is 1. The molecule has 0 aliphatic carbocycles. The summed E-state index contributed by atoms with van der Waals surface area (Å²) in [6, 6.07) is 6.65. The molecule has 5 nitrogen and oxygen atoms in total. The molecule has 3 unspecified atom stereocenters. The molecule has 98 valence electrons. The Balaban J connectivity index is 1.72. The molecule has 2 aliphatic rings. The van der Waals surface area contributed by atoms with Gasteiger partial charge in [0.1, 0.15) is 12.3 Å². The highest BCUT2D eigenvalue weighted by molar-refractivity contribution is 7.86. The van der Waals surface area contributed by atoms with Crippen LogP contribution in [0.2, 0.25) is 0 Å². The third-order valence-corrected chi connectivity index (χ3v) is 4.57. The van der Waals surface area contributed by atoms with Crippen LogP contribution in [0.15, 0.2) is 29.2 Å². The molecular weight excluding hydrogens is 254 g/mol. The second-order valence-electron chi connectivity index (χ2n) is 4.72. The van der Waals surface area contributed by atoms with Gasteiger partial charge in [0.15, 0.2) is 0 Å². The van der Waals surface area contributed by atoms with Crippen LogP contribution < -0.4 is 5.32 Å². The van der Waals surface area contributed by atoms with Crippen molar-refractivity contribution in [3.05, 3.63) is 29.8 Å². The molecule has 0 radical (unpaired) electrons. The van der Waals surface area contributed by atoms with Gasteiger partial charge in [-0.3, -0.25) is 9.50 Å². The monoisotopic (exact) mass is 269 g/mol. The Kier molecular flexibility index (Phi) is 2.90. The van der Waals surface area contributed by atoms with E-state index in [-0.39, 0.29) is 23.3 Å². The standard InChI is InChI=1S/C12H15NO4S/c1-8-2-4-10(5-3-8)18(14,15)17-9-6-11-12(16-11)13-7-9/h2-5,9,11-13H,6-7H2,1H3. The van der Waals surface area contributed by atoms with Gasteiger partial charge in [-0.1, -0.05) is 17.7 Å². The van der Waals surface area contributed by atoms with Crippen LogP contribution >= 0.6 is 0 Å². The second kappa shape index (κ2) is 4.31. The fraction of sp³-hybridized carbons (Fsp3) is 0.500. The number of hydrogen-bond donors (Lipinski definition) is 1. The topological polar surface area (TPSA) is 67.9 Å². The van der Waals surface area contributed by atoms with Crippen LogP contribution in [0, 0.1) is 6.92 Å². The number of aryl methyl sites for hydroxylation is 1. The maximum Gasteiger partial charge on any atom is 0.297 e. The molecule has 0 spiro atoms. The summed E-state index contributed by atoms with van der Waals surface area (Å²) in [6.07, 6.45) is 0.493. The number of rotatable bonds is 3. The lowest BCUT2D eigenvalue weighted by Gasteiger charge is -2.19. The first-order valence-electron chi connectivity index (χ1n) is 5.93. The van der Waals surface area contributed by atoms with Crippen molar-refractivity contribution in [2.45, 2.75) is 36.7 Å². The first-order valence-corrected chi connectivity index (χ1v) is 7.34. The largest absolute Gasteiger partial charge is 0.353 e. The molecule has 0 aromatic heterocycles. The van der Waals surface area contributed by atoms with E-state index in [4.69, 9.17) is 8.92 Å². The van der Waals surface area contributed by atoms with Gasteiger partial charge in [-0.05, 0) is 19.1 Å². The van der Waals surface area contributed by atoms with Crippen LogP contribution in [0.4, 0.5) is 0 Å². The van der Waals surface area contributed by atoms with Crippen molar-refractivity contribution in [2.75, 3.05) is 6.54 Å². The summed E-state index contributed by atoms with van der Waals surface area (Å²) in [7, 11) is -3.68. The Bertz CT molecular complexity index is 540. The van der Waals surface area contributed by atoms with Crippen molar-refractivity contribution in [1.29, 1.82) is 0 Å². The Morgan fingerprint density at radius 3 is 2.72 bits per heavy atom. The van der Waals surface area contributed by atoms with E-state index in [1.165, 1.54) is 0 Å². The zero-order valence-electron chi connectivity index (χ0n) is 10.00. The molecule has 0 amide bonds. The maximum absolute atomic E-state index is 12.0. The molecule has 3 rings (SSSR count). The summed E-state index contributed by atoms with van der Waals surface area (Å²) in [5.41, 5.74) is 1.02. The van der Waals surface area contributed by atoms with Crippen molar-refractivity contribution in [2.24, 2.45) is 0 Å². The fourth-order valence-electron chi connectivity index (χ4n) is 2.10. The van der Waals surface area contributed by atoms with Crippen molar-refractivity contribution < 1.29 is 17.3 Å². The highest BCUT2D eigenvalue weighted by atomic mass is 32.2. The van der Waals surface area contributed by atoms with Crippen molar-refractivity contribution >= 4 is 10.1 Å². The predicted octanol–water partition coefficient (Wildman–Crippen LogP) is 0.787. The average molecular weight is 269 g/mol. The van der Waals surface area contributed by atoms with Gasteiger partial charge in [0, 0.05) is 13.0 Å². The Morgan fingerprint density at radius 1 is 1.33 bits per heavy atom. The van der Waals surface area contributed by atoms with Gasteiger partial charge in [0.2, 0.25) is 0 Å². The third-order valence-electron chi connectivity index (χ3n) is 3.20. The summed E-state index contributed by atoms with van der Waals surface area (Å²) in [5, 5.41) is 3.08. The summed E-state index contributed by atoms with van der Waals surface area (Å²) < 4.78 is 34.6. The van der Waals surface area contributed by atoms with Gasteiger partial charge in [-0.25, -0.2) is 0 Å². The lowest BCUT2D eigenvalue weighted by molar-refractivity contribution is 0.179. The predicted molar refractivity (Wildman–Crippen MR) is 64.5 cm³/mol. The average Bonchev–Trinajstić information content (AvgIpc) is 3.07. The zero-order valence-corrected chi connectivity index (χ0v) is 10.8. The molecule has 2 aliphatic heterocycles. The van der Waals surface area contributed by atoms with Crippen LogP contribution in [0.25, 0.3) is 0 Å². The minimum Gasteiger partial charge on any atom is -0.353 e. The van der Waals surface area contributed by atoms with Crippen molar-refractivity contribution in [3.8, 4) is 0 Å². The van der Waals surface area contributed by atoms with Gasteiger partial charge in [-0.2, -0.15) is 8.42 Å². The highest BCUT2D eigenvalue weighted by Gasteiger charge is 2.45. The SMILES string of the molecule is Cc1ccc(S(=O)(=O)OC2CNC3OC3C2)cc1. The van der Waals surface area contributed by atoms with Gasteiger partial charge in [0.05, 0.1) is 11.0 Å². The molecule has 2 saturated heterocycles. The van der Waals surface area contributed by atoms with E-state index in [0.717, 1.165) is 5.56 Å². The molecule has 0 saturated carbocycles. The maximum atomic E-state index is 12.0. The first-order chi connectivity index (χ1) is 8.54. The van der Waals surface area contributed by atoms with Crippen LogP contribution in [0.5, 0.6) is 0 Å². The van der Waals surface area contributed by atoms with E-state index in [2.05, 4.69) is 5.32 Å². The Morgan fingerprint density at radius 2 is 2.06 bits per heavy atom. The van der Waals surface area contributed by atoms with Gasteiger partial charge < -0.3 is 4.74 Å². The first kappa shape index (κ1) is 12.1. The zero-order chi connectivity index (χ0) is 12.8. The minimum absolute atomic E-state index is 0.104. The fourth-order valence-corrected chi connectivity index (χ4v) is 3.19. The van der Waals surface area contributed by atoms with Gasteiger partial charge in [0.25, 0.3) is 10.1 Å². The van der Waals surface area contributed by atoms with E-state index in [1.807, 2.05) is 6.92 Å². The van der Waals surface area contributed by atoms with E-state index in [1.54, 1.807) is 24.3 Å². The summed E-state index contributed by atoms with van der Waals surface area (Å²) >= 11 is 0. The van der Waals surface area contributed by atoms with Gasteiger partial charge in [-0.15, -0.1) is 0 Å². The molecule has 2 fully saturated rings. The van der Waals surface area contributed by atoms with Gasteiger partial charge >= 0.3 is 0 Å². The summed E-state index contributed by atoms with van der Waals surface area (Å²) in [4.78, 5) is 0.201. The highest BCUT2D eigenvalue weighted by Crippen LogP contribution is 2.30. The van der Waals surface area contributed by atoms with Crippen LogP contribution in [0.3, 0.4) is 0 Å². The second-order valence-corrected chi connectivity index (χ2v) is 6.30. The van der Waals surface area contributed by atoms with E-state index in [9.17, 15) is 8.42 Å². The summed E-state index contributed by atoms with van der Waals surface area (Å²) in [6.45, 7) is 2.42.